The number of nitrogens with zero attached hydrogens (tertiary/aromatic N) is 1. The average Bonchev–Trinajstić information content (AvgIpc) is 3.00. The first-order valence-corrected chi connectivity index (χ1v) is 6.61. The Morgan fingerprint density at radius 1 is 1.33 bits per heavy atom. The van der Waals surface area contributed by atoms with E-state index in [1.165, 1.54) is 17.0 Å². The van der Waals surface area contributed by atoms with Gasteiger partial charge in [-0.1, -0.05) is 11.6 Å². The first-order chi connectivity index (χ1) is 9.88. The van der Waals surface area contributed by atoms with E-state index >= 15 is 0 Å². The van der Waals surface area contributed by atoms with Crippen LogP contribution >= 0.6 is 11.6 Å². The van der Waals surface area contributed by atoms with Gasteiger partial charge in [-0.05, 0) is 12.1 Å². The molecule has 1 amide bonds. The number of halogens is 4. The van der Waals surface area contributed by atoms with Crippen LogP contribution in [0.2, 0.25) is 5.02 Å². The zero-order valence-corrected chi connectivity index (χ0v) is 11.4. The molecular formula is C13H11ClF3N3O. The van der Waals surface area contributed by atoms with Crippen LogP contribution in [0, 0.1) is 11.6 Å². The van der Waals surface area contributed by atoms with Gasteiger partial charge in [0.15, 0.2) is 11.6 Å². The number of hydrogen-bond donors (Lipinski definition) is 2. The average molecular weight is 318 g/mol. The number of benzene rings is 1. The van der Waals surface area contributed by atoms with Gasteiger partial charge in [0.1, 0.15) is 11.9 Å². The van der Waals surface area contributed by atoms with E-state index in [4.69, 9.17) is 17.3 Å². The van der Waals surface area contributed by atoms with Crippen LogP contribution in [0.15, 0.2) is 12.1 Å². The number of alkyl halides is 1. The summed E-state index contributed by atoms with van der Waals surface area (Å²) in [7, 11) is 0. The fourth-order valence-electron chi connectivity index (χ4n) is 2.42. The molecule has 2 unspecified atom stereocenters. The number of aromatic amines is 1. The van der Waals surface area contributed by atoms with Crippen LogP contribution in [0.3, 0.4) is 0 Å². The Labute approximate surface area is 122 Å². The van der Waals surface area contributed by atoms with Crippen molar-refractivity contribution in [3.05, 3.63) is 34.5 Å². The van der Waals surface area contributed by atoms with Crippen molar-refractivity contribution in [3.8, 4) is 0 Å². The summed E-state index contributed by atoms with van der Waals surface area (Å²) in [4.78, 5) is 16.0. The van der Waals surface area contributed by atoms with Crippen molar-refractivity contribution in [2.75, 3.05) is 13.1 Å². The third-order valence-corrected chi connectivity index (χ3v) is 3.84. The van der Waals surface area contributed by atoms with Crippen LogP contribution in [0.4, 0.5) is 13.2 Å². The first-order valence-electron chi connectivity index (χ1n) is 6.23. The van der Waals surface area contributed by atoms with Crippen LogP contribution in [0.5, 0.6) is 0 Å². The van der Waals surface area contributed by atoms with Gasteiger partial charge in [0.05, 0.1) is 23.1 Å². The van der Waals surface area contributed by atoms with Gasteiger partial charge in [0, 0.05) is 11.9 Å². The highest BCUT2D eigenvalue weighted by Crippen LogP contribution is 2.28. The molecule has 2 atom stereocenters. The quantitative estimate of drug-likeness (QED) is 0.792. The maximum absolute atomic E-state index is 13.7. The second-order valence-electron chi connectivity index (χ2n) is 5.02. The molecule has 4 nitrogen and oxygen atoms in total. The largest absolute Gasteiger partial charge is 0.348 e. The summed E-state index contributed by atoms with van der Waals surface area (Å²) in [5.74, 6) is -2.85. The molecule has 3 rings (SSSR count). The highest BCUT2D eigenvalue weighted by Gasteiger charge is 2.34. The van der Waals surface area contributed by atoms with Crippen LogP contribution < -0.4 is 5.73 Å². The predicted octanol–water partition coefficient (Wildman–Crippen LogP) is 2.22. The van der Waals surface area contributed by atoms with Crippen LogP contribution in [0.1, 0.15) is 10.5 Å². The second kappa shape index (κ2) is 4.92. The molecule has 3 N–H and O–H groups in total. The SMILES string of the molecule is NC1CN(C(=O)c2cc3cc(Cl)c(F)c(F)c3[nH]2)CC1F. The van der Waals surface area contributed by atoms with Crippen LogP contribution in [-0.4, -0.2) is 41.1 Å². The van der Waals surface area contributed by atoms with Crippen molar-refractivity contribution in [2.45, 2.75) is 12.2 Å². The first kappa shape index (κ1) is 14.2. The molecule has 1 saturated heterocycles. The van der Waals surface area contributed by atoms with E-state index < -0.39 is 29.8 Å². The van der Waals surface area contributed by atoms with Gasteiger partial charge in [0.25, 0.3) is 5.91 Å². The number of rotatable bonds is 1. The van der Waals surface area contributed by atoms with Crippen molar-refractivity contribution in [1.29, 1.82) is 0 Å². The van der Waals surface area contributed by atoms with Crippen molar-refractivity contribution < 1.29 is 18.0 Å². The highest BCUT2D eigenvalue weighted by molar-refractivity contribution is 6.31. The van der Waals surface area contributed by atoms with E-state index in [2.05, 4.69) is 4.98 Å². The predicted molar refractivity (Wildman–Crippen MR) is 72.0 cm³/mol. The molecule has 0 aliphatic carbocycles. The Hall–Kier alpha value is -1.73. The van der Waals surface area contributed by atoms with Gasteiger partial charge in [0.2, 0.25) is 0 Å². The molecule has 0 radical (unpaired) electrons. The normalized spacial score (nSPS) is 22.2. The Kier molecular flexibility index (Phi) is 3.33. The van der Waals surface area contributed by atoms with Gasteiger partial charge in [-0.15, -0.1) is 0 Å². The maximum atomic E-state index is 13.7. The third kappa shape index (κ3) is 2.26. The summed E-state index contributed by atoms with van der Waals surface area (Å²) >= 11 is 5.56. The number of nitrogens with one attached hydrogen (secondary N) is 1. The van der Waals surface area contributed by atoms with E-state index in [9.17, 15) is 18.0 Å². The zero-order chi connectivity index (χ0) is 15.3. The fourth-order valence-corrected chi connectivity index (χ4v) is 2.62. The fraction of sp³-hybridized carbons (Fsp3) is 0.308. The number of carbonyl (C=O) groups is 1. The number of nitrogens with two attached hydrogens (primary N) is 1. The molecule has 21 heavy (non-hydrogen) atoms. The van der Waals surface area contributed by atoms with Gasteiger partial charge in [-0.3, -0.25) is 4.79 Å². The molecule has 1 aliphatic heterocycles. The van der Waals surface area contributed by atoms with Crippen molar-refractivity contribution in [1.82, 2.24) is 9.88 Å². The minimum Gasteiger partial charge on any atom is -0.348 e. The van der Waals surface area contributed by atoms with Crippen molar-refractivity contribution in [2.24, 2.45) is 5.73 Å². The summed E-state index contributed by atoms with van der Waals surface area (Å²) in [5.41, 5.74) is 5.40. The van der Waals surface area contributed by atoms with E-state index in [0.717, 1.165) is 0 Å². The Morgan fingerprint density at radius 2 is 2.05 bits per heavy atom. The third-order valence-electron chi connectivity index (χ3n) is 3.56. The van der Waals surface area contributed by atoms with Crippen LogP contribution in [-0.2, 0) is 0 Å². The smallest absolute Gasteiger partial charge is 0.270 e. The number of hydrogen-bond acceptors (Lipinski definition) is 2. The number of fused-ring (bicyclic) bond motifs is 1. The van der Waals surface area contributed by atoms with Crippen LogP contribution in [0.25, 0.3) is 10.9 Å². The highest BCUT2D eigenvalue weighted by atomic mass is 35.5. The molecule has 2 aromatic rings. The van der Waals surface area contributed by atoms with Gasteiger partial charge in [-0.25, -0.2) is 13.2 Å². The summed E-state index contributed by atoms with van der Waals surface area (Å²) in [5, 5.41) is -0.104. The number of likely N-dealkylation sites (tertiary alicyclic amines) is 1. The maximum Gasteiger partial charge on any atom is 0.270 e. The Morgan fingerprint density at radius 3 is 2.67 bits per heavy atom. The molecular weight excluding hydrogens is 307 g/mol. The summed E-state index contributed by atoms with van der Waals surface area (Å²) in [6.07, 6.45) is -1.29. The monoisotopic (exact) mass is 317 g/mol. The minimum absolute atomic E-state index is 0.0341. The lowest BCUT2D eigenvalue weighted by molar-refractivity contribution is 0.0777. The minimum atomic E-state index is -1.29. The van der Waals surface area contributed by atoms with E-state index in [0.29, 0.717) is 0 Å². The molecule has 2 heterocycles. The number of carbonyl (C=O) groups excluding carboxylic acids is 1. The van der Waals surface area contributed by atoms with Gasteiger partial charge < -0.3 is 15.6 Å². The molecule has 1 aromatic heterocycles. The van der Waals surface area contributed by atoms with Gasteiger partial charge in [-0.2, -0.15) is 0 Å². The molecule has 1 aliphatic rings. The Bertz CT molecular complexity index is 723. The lowest BCUT2D eigenvalue weighted by Crippen LogP contribution is -2.32. The Balaban J connectivity index is 1.98. The lowest BCUT2D eigenvalue weighted by atomic mass is 10.2. The molecule has 1 fully saturated rings. The lowest BCUT2D eigenvalue weighted by Gasteiger charge is -2.13. The summed E-state index contributed by atoms with van der Waals surface area (Å²) in [6, 6.07) is 1.83. The molecule has 8 heteroatoms. The molecule has 0 spiro atoms. The van der Waals surface area contributed by atoms with E-state index in [-0.39, 0.29) is 34.7 Å². The van der Waals surface area contributed by atoms with Gasteiger partial charge >= 0.3 is 0 Å². The molecule has 1 aromatic carbocycles. The number of amides is 1. The number of H-pyrrole nitrogens is 1. The molecule has 0 bridgehead atoms. The molecule has 112 valence electrons. The van der Waals surface area contributed by atoms with E-state index in [1.54, 1.807) is 0 Å². The standard InChI is InChI=1S/C13H11ClF3N3O/c14-6-1-5-2-9(19-12(5)11(17)10(6)16)13(21)20-3-7(15)8(18)4-20/h1-2,7-8,19H,3-4,18H2. The van der Waals surface area contributed by atoms with Crippen molar-refractivity contribution >= 4 is 28.4 Å². The summed E-state index contributed by atoms with van der Waals surface area (Å²) < 4.78 is 40.5. The summed E-state index contributed by atoms with van der Waals surface area (Å²) in [6.45, 7) is -0.0417. The second-order valence-corrected chi connectivity index (χ2v) is 5.43. The van der Waals surface area contributed by atoms with Crippen molar-refractivity contribution in [3.63, 3.8) is 0 Å². The molecule has 0 saturated carbocycles. The topological polar surface area (TPSA) is 62.1 Å². The zero-order valence-electron chi connectivity index (χ0n) is 10.7. The number of aromatic nitrogens is 1. The van der Waals surface area contributed by atoms with E-state index in [1.807, 2.05) is 0 Å².